The van der Waals surface area contributed by atoms with E-state index in [4.69, 9.17) is 0 Å². The summed E-state index contributed by atoms with van der Waals surface area (Å²) in [6.07, 6.45) is 8.75. The zero-order valence-corrected chi connectivity index (χ0v) is 12.9. The van der Waals surface area contributed by atoms with Crippen molar-refractivity contribution in [2.45, 2.75) is 59.4 Å². The SMILES string of the molecule is CC(C)(C)Cc1ncc(CN2CCCCCC2)s1. The first-order valence-electron chi connectivity index (χ1n) is 7.19. The number of aromatic nitrogens is 1. The molecule has 1 saturated heterocycles. The predicted molar refractivity (Wildman–Crippen MR) is 79.0 cm³/mol. The van der Waals surface area contributed by atoms with Gasteiger partial charge < -0.3 is 0 Å². The summed E-state index contributed by atoms with van der Waals surface area (Å²) in [6, 6.07) is 0. The zero-order valence-electron chi connectivity index (χ0n) is 12.0. The van der Waals surface area contributed by atoms with E-state index < -0.39 is 0 Å². The Morgan fingerprint density at radius 2 is 1.83 bits per heavy atom. The van der Waals surface area contributed by atoms with Gasteiger partial charge in [0.1, 0.15) is 0 Å². The average Bonchev–Trinajstić information content (AvgIpc) is 2.53. The first-order valence-corrected chi connectivity index (χ1v) is 8.00. The summed E-state index contributed by atoms with van der Waals surface area (Å²) in [7, 11) is 0. The molecule has 0 saturated carbocycles. The maximum atomic E-state index is 4.58. The zero-order chi connectivity index (χ0) is 13.0. The van der Waals surface area contributed by atoms with Gasteiger partial charge in [0.15, 0.2) is 0 Å². The molecular weight excluding hydrogens is 240 g/mol. The summed E-state index contributed by atoms with van der Waals surface area (Å²) >= 11 is 1.91. The van der Waals surface area contributed by atoms with Crippen molar-refractivity contribution in [3.8, 4) is 0 Å². The van der Waals surface area contributed by atoms with Gasteiger partial charge in [0.2, 0.25) is 0 Å². The minimum atomic E-state index is 0.345. The van der Waals surface area contributed by atoms with Crippen molar-refractivity contribution >= 4 is 11.3 Å². The van der Waals surface area contributed by atoms with Crippen LogP contribution in [0, 0.1) is 5.41 Å². The molecule has 0 radical (unpaired) electrons. The molecule has 1 aromatic heterocycles. The molecule has 0 N–H and O–H groups in total. The van der Waals surface area contributed by atoms with E-state index in [-0.39, 0.29) is 0 Å². The second-order valence-corrected chi connectivity index (χ2v) is 7.85. The fourth-order valence-corrected chi connectivity index (χ4v) is 3.74. The van der Waals surface area contributed by atoms with Gasteiger partial charge in [-0.15, -0.1) is 11.3 Å². The Labute approximate surface area is 115 Å². The molecule has 18 heavy (non-hydrogen) atoms. The Morgan fingerprint density at radius 1 is 1.17 bits per heavy atom. The van der Waals surface area contributed by atoms with Gasteiger partial charge in [-0.1, -0.05) is 33.6 Å². The number of nitrogens with zero attached hydrogens (tertiary/aromatic N) is 2. The van der Waals surface area contributed by atoms with Gasteiger partial charge in [-0.2, -0.15) is 0 Å². The largest absolute Gasteiger partial charge is 0.298 e. The fourth-order valence-electron chi connectivity index (χ4n) is 2.47. The van der Waals surface area contributed by atoms with Crippen molar-refractivity contribution < 1.29 is 0 Å². The van der Waals surface area contributed by atoms with Gasteiger partial charge in [0.25, 0.3) is 0 Å². The highest BCUT2D eigenvalue weighted by Crippen LogP contribution is 2.25. The molecule has 0 amide bonds. The van der Waals surface area contributed by atoms with Crippen molar-refractivity contribution in [2.75, 3.05) is 13.1 Å². The predicted octanol–water partition coefficient (Wildman–Crippen LogP) is 4.11. The second-order valence-electron chi connectivity index (χ2n) is 6.65. The molecule has 0 spiro atoms. The molecule has 2 heterocycles. The Balaban J connectivity index is 1.89. The number of hydrogen-bond donors (Lipinski definition) is 0. The maximum absolute atomic E-state index is 4.58. The van der Waals surface area contributed by atoms with Crippen LogP contribution >= 0.6 is 11.3 Å². The molecule has 1 aliphatic heterocycles. The van der Waals surface area contributed by atoms with E-state index in [1.807, 2.05) is 11.3 Å². The van der Waals surface area contributed by atoms with E-state index in [2.05, 4.69) is 36.9 Å². The number of hydrogen-bond acceptors (Lipinski definition) is 3. The van der Waals surface area contributed by atoms with Crippen LogP contribution in [0.5, 0.6) is 0 Å². The van der Waals surface area contributed by atoms with E-state index in [1.165, 1.54) is 48.7 Å². The number of rotatable bonds is 3. The molecule has 0 unspecified atom stereocenters. The van der Waals surface area contributed by atoms with Crippen LogP contribution in [-0.2, 0) is 13.0 Å². The molecule has 1 aromatic rings. The summed E-state index contributed by atoms with van der Waals surface area (Å²) in [5.74, 6) is 0. The quantitative estimate of drug-likeness (QED) is 0.818. The summed E-state index contributed by atoms with van der Waals surface area (Å²) in [5.41, 5.74) is 0.345. The van der Waals surface area contributed by atoms with E-state index in [0.29, 0.717) is 5.41 Å². The minimum Gasteiger partial charge on any atom is -0.298 e. The maximum Gasteiger partial charge on any atom is 0.0933 e. The Hall–Kier alpha value is -0.410. The normalized spacial score (nSPS) is 18.8. The van der Waals surface area contributed by atoms with Gasteiger partial charge in [0, 0.05) is 24.0 Å². The van der Waals surface area contributed by atoms with Gasteiger partial charge >= 0.3 is 0 Å². The lowest BCUT2D eigenvalue weighted by molar-refractivity contribution is 0.279. The highest BCUT2D eigenvalue weighted by atomic mass is 32.1. The summed E-state index contributed by atoms with van der Waals surface area (Å²) in [5, 5.41) is 1.30. The lowest BCUT2D eigenvalue weighted by Crippen LogP contribution is -2.23. The molecule has 0 atom stereocenters. The highest BCUT2D eigenvalue weighted by Gasteiger charge is 2.15. The lowest BCUT2D eigenvalue weighted by atomic mass is 9.93. The molecule has 1 fully saturated rings. The Bertz CT molecular complexity index is 357. The van der Waals surface area contributed by atoms with Crippen LogP contribution in [0.3, 0.4) is 0 Å². The molecule has 0 aromatic carbocycles. The Kier molecular flexibility index (Phi) is 4.79. The first-order chi connectivity index (χ1) is 8.53. The topological polar surface area (TPSA) is 16.1 Å². The van der Waals surface area contributed by atoms with Crippen LogP contribution in [0.1, 0.15) is 56.3 Å². The fraction of sp³-hybridized carbons (Fsp3) is 0.800. The van der Waals surface area contributed by atoms with E-state index in [1.54, 1.807) is 0 Å². The third kappa shape index (κ3) is 4.69. The Morgan fingerprint density at radius 3 is 2.44 bits per heavy atom. The average molecular weight is 266 g/mol. The number of likely N-dealkylation sites (tertiary alicyclic amines) is 1. The smallest absolute Gasteiger partial charge is 0.0933 e. The van der Waals surface area contributed by atoms with Crippen LogP contribution in [-0.4, -0.2) is 23.0 Å². The van der Waals surface area contributed by atoms with Crippen LogP contribution in [0.4, 0.5) is 0 Å². The molecule has 1 aliphatic rings. The molecule has 2 nitrogen and oxygen atoms in total. The molecule has 0 bridgehead atoms. The molecule has 0 aliphatic carbocycles. The van der Waals surface area contributed by atoms with Crippen molar-refractivity contribution in [2.24, 2.45) is 5.41 Å². The second kappa shape index (κ2) is 6.16. The van der Waals surface area contributed by atoms with Crippen LogP contribution < -0.4 is 0 Å². The van der Waals surface area contributed by atoms with Crippen molar-refractivity contribution in [1.82, 2.24) is 9.88 Å². The van der Waals surface area contributed by atoms with E-state index in [9.17, 15) is 0 Å². The molecule has 2 rings (SSSR count). The third-order valence-electron chi connectivity index (χ3n) is 3.36. The van der Waals surface area contributed by atoms with Crippen molar-refractivity contribution in [3.63, 3.8) is 0 Å². The van der Waals surface area contributed by atoms with Gasteiger partial charge in [-0.3, -0.25) is 4.90 Å². The van der Waals surface area contributed by atoms with E-state index >= 15 is 0 Å². The van der Waals surface area contributed by atoms with E-state index in [0.717, 1.165) is 13.0 Å². The van der Waals surface area contributed by atoms with Gasteiger partial charge in [-0.05, 0) is 31.3 Å². The van der Waals surface area contributed by atoms with Crippen molar-refractivity contribution in [1.29, 1.82) is 0 Å². The van der Waals surface area contributed by atoms with Crippen molar-refractivity contribution in [3.05, 3.63) is 16.1 Å². The number of thiazole rings is 1. The monoisotopic (exact) mass is 266 g/mol. The molecular formula is C15H26N2S. The minimum absolute atomic E-state index is 0.345. The first kappa shape index (κ1) is 14.0. The molecule has 102 valence electrons. The molecule has 3 heteroatoms. The summed E-state index contributed by atoms with van der Waals surface area (Å²) in [6.45, 7) is 10.5. The lowest BCUT2D eigenvalue weighted by Gasteiger charge is -2.18. The van der Waals surface area contributed by atoms with Gasteiger partial charge in [-0.25, -0.2) is 4.98 Å². The summed E-state index contributed by atoms with van der Waals surface area (Å²) < 4.78 is 0. The standard InChI is InChI=1S/C15H26N2S/c1-15(2,3)10-14-16-11-13(18-14)12-17-8-6-4-5-7-9-17/h11H,4-10,12H2,1-3H3. The summed E-state index contributed by atoms with van der Waals surface area (Å²) in [4.78, 5) is 8.62. The highest BCUT2D eigenvalue weighted by molar-refractivity contribution is 7.11. The van der Waals surface area contributed by atoms with Crippen LogP contribution in [0.2, 0.25) is 0 Å². The van der Waals surface area contributed by atoms with Crippen LogP contribution in [0.25, 0.3) is 0 Å². The van der Waals surface area contributed by atoms with Gasteiger partial charge in [0.05, 0.1) is 5.01 Å². The third-order valence-corrected chi connectivity index (χ3v) is 4.34. The van der Waals surface area contributed by atoms with Crippen LogP contribution in [0.15, 0.2) is 6.20 Å².